The van der Waals surface area contributed by atoms with Gasteiger partial charge in [0.15, 0.2) is 0 Å². The third-order valence-corrected chi connectivity index (χ3v) is 4.01. The first-order valence-corrected chi connectivity index (χ1v) is 6.32. The summed E-state index contributed by atoms with van der Waals surface area (Å²) in [7, 11) is 2.29. The van der Waals surface area contributed by atoms with Crippen molar-refractivity contribution in [2.24, 2.45) is 0 Å². The number of hydrogen-bond donors (Lipinski definition) is 4. The van der Waals surface area contributed by atoms with Crippen LogP contribution < -0.4 is 19.9 Å². The molecule has 6 nitrogen and oxygen atoms in total. The Kier molecular flexibility index (Phi) is 5.56. The Hall–Kier alpha value is 0.0500. The summed E-state index contributed by atoms with van der Waals surface area (Å²) in [4.78, 5) is 29.4. The molecule has 0 unspecified atom stereocenters. The van der Waals surface area contributed by atoms with E-state index in [1.165, 1.54) is 12.2 Å². The summed E-state index contributed by atoms with van der Waals surface area (Å²) >= 11 is 0. The molecule has 0 spiro atoms. The predicted molar refractivity (Wildman–Crippen MR) is 56.6 cm³/mol. The van der Waals surface area contributed by atoms with E-state index >= 15 is 0 Å². The highest BCUT2D eigenvalue weighted by Gasteiger charge is 2.06. The van der Waals surface area contributed by atoms with Crippen molar-refractivity contribution in [1.82, 2.24) is 19.9 Å². The number of imide groups is 1. The van der Waals surface area contributed by atoms with Gasteiger partial charge >= 0.3 is 0 Å². The molecular weight excluding hydrogens is 229 g/mol. The van der Waals surface area contributed by atoms with E-state index in [4.69, 9.17) is 0 Å². The van der Waals surface area contributed by atoms with Crippen molar-refractivity contribution < 1.29 is 9.59 Å². The second-order valence-corrected chi connectivity index (χ2v) is 5.69. The highest BCUT2D eigenvalue weighted by Crippen LogP contribution is 2.23. The Balaban J connectivity index is 0.000000132. The molecule has 0 saturated carbocycles. The average molecular weight is 238 g/mol. The van der Waals surface area contributed by atoms with Crippen molar-refractivity contribution in [1.29, 1.82) is 0 Å². The highest BCUT2D eigenvalue weighted by molar-refractivity contribution is 7.65. The first-order valence-electron chi connectivity index (χ1n) is 3.32. The van der Waals surface area contributed by atoms with Gasteiger partial charge in [0.2, 0.25) is 0 Å². The molecule has 2 aliphatic rings. The third-order valence-electron chi connectivity index (χ3n) is 1.01. The van der Waals surface area contributed by atoms with Gasteiger partial charge in [-0.05, 0) is 0 Å². The van der Waals surface area contributed by atoms with Crippen LogP contribution in [0.4, 0.5) is 0 Å². The van der Waals surface area contributed by atoms with Gasteiger partial charge in [0.1, 0.15) is 0 Å². The molecule has 0 aromatic rings. The fourth-order valence-corrected chi connectivity index (χ4v) is 3.73. The molecule has 0 aromatic heterocycles. The van der Waals surface area contributed by atoms with Crippen molar-refractivity contribution in [2.45, 2.75) is 0 Å². The molecule has 1 fully saturated rings. The Bertz CT molecular complexity index is 202. The maximum Gasteiger partial charge on any atom is 0.250 e. The summed E-state index contributed by atoms with van der Waals surface area (Å²) < 4.78 is 0. The molecule has 0 aromatic carbocycles. The van der Waals surface area contributed by atoms with E-state index in [9.17, 15) is 9.59 Å². The summed E-state index contributed by atoms with van der Waals surface area (Å²) in [6.45, 7) is 0. The number of rotatable bonds is 0. The number of carbonyl (C=O) groups excluding carboxylic acids is 2. The molecule has 1 saturated heterocycles. The van der Waals surface area contributed by atoms with Crippen LogP contribution in [-0.4, -0.2) is 11.8 Å². The quantitative estimate of drug-likeness (QED) is 0.337. The summed E-state index contributed by atoms with van der Waals surface area (Å²) in [6.07, 6.45) is 2.39. The third kappa shape index (κ3) is 5.37. The monoisotopic (exact) mass is 238 g/mol. The zero-order chi connectivity index (χ0) is 9.52. The van der Waals surface area contributed by atoms with Crippen LogP contribution in [-0.2, 0) is 9.59 Å². The molecule has 13 heavy (non-hydrogen) atoms. The summed E-state index contributed by atoms with van der Waals surface area (Å²) in [5, 5.41) is 2.03. The van der Waals surface area contributed by atoms with Crippen LogP contribution in [0.5, 0.6) is 0 Å². The Morgan fingerprint density at radius 3 is 1.38 bits per heavy atom. The fourth-order valence-electron chi connectivity index (χ4n) is 0.544. The lowest BCUT2D eigenvalue weighted by Crippen LogP contribution is -2.19. The van der Waals surface area contributed by atoms with E-state index in [1.807, 2.05) is 5.32 Å². The smallest absolute Gasteiger partial charge is 0.250 e. The molecule has 2 aliphatic heterocycles. The second-order valence-electron chi connectivity index (χ2n) is 1.94. The zero-order valence-corrected chi connectivity index (χ0v) is 9.47. The van der Waals surface area contributed by atoms with Gasteiger partial charge in [0.05, 0.1) is 0 Å². The molecule has 0 atom stereocenters. The van der Waals surface area contributed by atoms with E-state index in [1.54, 1.807) is 0 Å². The minimum atomic E-state index is -0.329. The van der Waals surface area contributed by atoms with Crippen molar-refractivity contribution in [2.75, 3.05) is 0 Å². The van der Waals surface area contributed by atoms with Gasteiger partial charge in [-0.2, -0.15) is 0 Å². The zero-order valence-electron chi connectivity index (χ0n) is 6.47. The lowest BCUT2D eigenvalue weighted by atomic mass is 10.6. The van der Waals surface area contributed by atoms with E-state index in [0.29, 0.717) is 0 Å². The first kappa shape index (κ1) is 11.1. The minimum Gasteiger partial charge on any atom is -0.289 e. The molecule has 4 N–H and O–H groups in total. The number of nitrogens with one attached hydrogen (secondary N) is 4. The Morgan fingerprint density at radius 1 is 0.846 bits per heavy atom. The van der Waals surface area contributed by atoms with Crippen LogP contribution in [0.25, 0.3) is 0 Å². The summed E-state index contributed by atoms with van der Waals surface area (Å²) in [5.74, 6) is -0.657. The number of hydrogen-bond acceptors (Lipinski definition) is 5. The molecule has 2 rings (SSSR count). The summed E-state index contributed by atoms with van der Waals surface area (Å²) in [6, 6.07) is 0. The van der Waals surface area contributed by atoms with E-state index in [2.05, 4.69) is 14.6 Å². The van der Waals surface area contributed by atoms with Gasteiger partial charge in [0.25, 0.3) is 11.8 Å². The topological polar surface area (TPSA) is 82.3 Å². The van der Waals surface area contributed by atoms with E-state index in [0.717, 1.165) is 26.6 Å². The average Bonchev–Trinajstić information content (AvgIpc) is 2.54. The van der Waals surface area contributed by atoms with Crippen LogP contribution >= 0.6 is 26.6 Å². The first-order chi connectivity index (χ1) is 6.29. The van der Waals surface area contributed by atoms with Crippen molar-refractivity contribution in [3.05, 3.63) is 12.2 Å². The van der Waals surface area contributed by atoms with Crippen LogP contribution in [0.2, 0.25) is 0 Å². The molecule has 0 radical (unpaired) electrons. The lowest BCUT2D eigenvalue weighted by molar-refractivity contribution is -0.123. The molecular formula is C4H9N4O2P3. The maximum absolute atomic E-state index is 10.0. The van der Waals surface area contributed by atoms with Gasteiger partial charge in [-0.1, -0.05) is 0 Å². The minimum absolute atomic E-state index is 0.329. The second kappa shape index (κ2) is 6.50. The normalized spacial score (nSPS) is 26.2. The molecule has 72 valence electrons. The lowest BCUT2D eigenvalue weighted by Gasteiger charge is -2.12. The highest BCUT2D eigenvalue weighted by atomic mass is 31.2. The van der Waals surface area contributed by atoms with E-state index < -0.39 is 0 Å². The van der Waals surface area contributed by atoms with Crippen LogP contribution in [0, 0.1) is 0 Å². The van der Waals surface area contributed by atoms with Gasteiger partial charge in [0, 0.05) is 38.8 Å². The van der Waals surface area contributed by atoms with Crippen LogP contribution in [0.1, 0.15) is 0 Å². The van der Waals surface area contributed by atoms with Gasteiger partial charge in [-0.15, -0.1) is 0 Å². The molecule has 2 heterocycles. The Morgan fingerprint density at radius 2 is 1.23 bits per heavy atom. The van der Waals surface area contributed by atoms with Gasteiger partial charge < -0.3 is 0 Å². The largest absolute Gasteiger partial charge is 0.289 e. The van der Waals surface area contributed by atoms with Crippen molar-refractivity contribution >= 4 is 38.5 Å². The number of amides is 2. The van der Waals surface area contributed by atoms with E-state index in [-0.39, 0.29) is 11.8 Å². The number of carbonyl (C=O) groups is 2. The molecule has 0 bridgehead atoms. The van der Waals surface area contributed by atoms with Crippen molar-refractivity contribution in [3.63, 3.8) is 0 Å². The van der Waals surface area contributed by atoms with Crippen LogP contribution in [0.15, 0.2) is 12.2 Å². The predicted octanol–water partition coefficient (Wildman–Crippen LogP) is -0.507. The molecule has 2 amide bonds. The van der Waals surface area contributed by atoms with Crippen molar-refractivity contribution in [3.8, 4) is 0 Å². The molecule has 9 heteroatoms. The fraction of sp³-hybridized carbons (Fsp3) is 0. The summed E-state index contributed by atoms with van der Waals surface area (Å²) in [5.41, 5.74) is 0. The standard InChI is InChI=1S/C4H3NO2.H6N3P3/c6-3-1-2-4(7)5-3;1-4-2-6-3-5-1/h1-2H,(H,5,6,7);1-6H. The Labute approximate surface area is 80.7 Å². The van der Waals surface area contributed by atoms with Crippen LogP contribution in [0.3, 0.4) is 0 Å². The molecule has 0 aliphatic carbocycles. The maximum atomic E-state index is 10.0. The SMILES string of the molecule is N1PNPNP1.O=C1C=CC(=O)N1. The van der Waals surface area contributed by atoms with Gasteiger partial charge in [-0.3, -0.25) is 29.5 Å². The van der Waals surface area contributed by atoms with Gasteiger partial charge in [-0.25, -0.2) is 0 Å².